The molecule has 2 rings (SSSR count). The first-order valence-electron chi connectivity index (χ1n) is 7.39. The van der Waals surface area contributed by atoms with Crippen LogP contribution in [0.25, 0.3) is 11.0 Å². The number of benzene rings is 1. The number of fused-ring (bicyclic) bond motifs is 1. The molecule has 1 aromatic heterocycles. The van der Waals surface area contributed by atoms with Gasteiger partial charge >= 0.3 is 0 Å². The number of aryl methyl sites for hydroxylation is 1. The number of unbranched alkanes of at least 4 members (excludes halogenated alkanes) is 5. The van der Waals surface area contributed by atoms with Crippen LogP contribution in [0.3, 0.4) is 0 Å². The Morgan fingerprint density at radius 3 is 2.70 bits per heavy atom. The third kappa shape index (κ3) is 3.29. The minimum atomic E-state index is 0.662. The summed E-state index contributed by atoms with van der Waals surface area (Å²) in [6, 6.07) is 7.98. The lowest BCUT2D eigenvalue weighted by Gasteiger charge is -2.04. The van der Waals surface area contributed by atoms with Gasteiger partial charge in [-0.3, -0.25) is 0 Å². The number of aromatic nitrogens is 2. The molecule has 0 bridgehead atoms. The summed E-state index contributed by atoms with van der Waals surface area (Å²) in [5, 5.41) is 9.12. The van der Waals surface area contributed by atoms with Gasteiger partial charge in [-0.1, -0.05) is 45.1 Å². The molecule has 3 nitrogen and oxygen atoms in total. The zero-order valence-corrected chi connectivity index (χ0v) is 12.8. The van der Waals surface area contributed by atoms with Crippen molar-refractivity contribution in [1.82, 2.24) is 9.55 Å². The molecular formula is C16H21N3S. The first kappa shape index (κ1) is 14.8. The highest BCUT2D eigenvalue weighted by molar-refractivity contribution is 7.71. The monoisotopic (exact) mass is 287 g/mol. The molecule has 1 N–H and O–H groups in total. The number of para-hydroxylation sites is 1. The van der Waals surface area contributed by atoms with Crippen molar-refractivity contribution in [1.29, 1.82) is 5.26 Å². The lowest BCUT2D eigenvalue weighted by molar-refractivity contribution is 0.561. The Labute approximate surface area is 125 Å². The summed E-state index contributed by atoms with van der Waals surface area (Å²) < 4.78 is 2.84. The molecule has 0 amide bonds. The second-order valence-electron chi connectivity index (χ2n) is 5.16. The molecule has 1 aromatic carbocycles. The Bertz CT molecular complexity index is 660. The summed E-state index contributed by atoms with van der Waals surface area (Å²) in [6.07, 6.45) is 7.62. The highest BCUT2D eigenvalue weighted by Gasteiger charge is 2.07. The molecule has 0 atom stereocenters. The molecule has 0 spiro atoms. The molecule has 0 aliphatic rings. The van der Waals surface area contributed by atoms with Crippen molar-refractivity contribution in [2.24, 2.45) is 0 Å². The largest absolute Gasteiger partial charge is 0.329 e. The van der Waals surface area contributed by atoms with Crippen LogP contribution < -0.4 is 0 Å². The van der Waals surface area contributed by atoms with Crippen LogP contribution in [0.2, 0.25) is 0 Å². The standard InChI is InChI=1S/C16H21N3S/c1-2-3-4-5-6-7-11-19-14-10-8-9-13(12-17)15(14)18-16(19)20/h8-10H,2-7,11H2,1H3,(H,18,20). The first-order chi connectivity index (χ1) is 9.77. The van der Waals surface area contributed by atoms with Crippen molar-refractivity contribution in [3.63, 3.8) is 0 Å². The SMILES string of the molecule is CCCCCCCCn1c(=S)[nH]c2c(C#N)cccc21. The Balaban J connectivity index is 2.06. The minimum absolute atomic E-state index is 0.662. The number of nitrogens with zero attached hydrogens (tertiary/aromatic N) is 2. The van der Waals surface area contributed by atoms with Gasteiger partial charge in [-0.2, -0.15) is 5.26 Å². The van der Waals surface area contributed by atoms with Gasteiger partial charge in [-0.05, 0) is 30.8 Å². The van der Waals surface area contributed by atoms with Gasteiger partial charge in [0.2, 0.25) is 0 Å². The maximum absolute atomic E-state index is 9.12. The summed E-state index contributed by atoms with van der Waals surface area (Å²) in [6.45, 7) is 3.16. The predicted molar refractivity (Wildman–Crippen MR) is 85.2 cm³/mol. The van der Waals surface area contributed by atoms with E-state index in [0.29, 0.717) is 5.56 Å². The fourth-order valence-electron chi connectivity index (χ4n) is 2.55. The van der Waals surface area contributed by atoms with Crippen molar-refractivity contribution in [3.8, 4) is 6.07 Å². The molecule has 0 saturated carbocycles. The van der Waals surface area contributed by atoms with Crippen molar-refractivity contribution >= 4 is 23.3 Å². The molecule has 0 aliphatic heterocycles. The summed E-state index contributed by atoms with van der Waals surface area (Å²) in [5.74, 6) is 0. The van der Waals surface area contributed by atoms with E-state index in [2.05, 4.69) is 22.5 Å². The number of nitrogens with one attached hydrogen (secondary N) is 1. The molecule has 0 fully saturated rings. The average Bonchev–Trinajstić information content (AvgIpc) is 2.78. The van der Waals surface area contributed by atoms with Crippen molar-refractivity contribution in [3.05, 3.63) is 28.5 Å². The number of imidazole rings is 1. The Morgan fingerprint density at radius 2 is 1.95 bits per heavy atom. The molecule has 2 aromatic rings. The van der Waals surface area contributed by atoms with E-state index < -0.39 is 0 Å². The maximum Gasteiger partial charge on any atom is 0.178 e. The maximum atomic E-state index is 9.12. The molecule has 0 unspecified atom stereocenters. The van der Waals surface area contributed by atoms with Gasteiger partial charge in [-0.15, -0.1) is 0 Å². The lowest BCUT2D eigenvalue weighted by Crippen LogP contribution is -1.98. The number of rotatable bonds is 7. The van der Waals surface area contributed by atoms with E-state index >= 15 is 0 Å². The predicted octanol–water partition coefficient (Wildman–Crippen LogP) is 4.93. The number of nitriles is 1. The van der Waals surface area contributed by atoms with E-state index in [-0.39, 0.29) is 0 Å². The molecule has 0 saturated heterocycles. The number of H-pyrrole nitrogens is 1. The zero-order valence-electron chi connectivity index (χ0n) is 12.0. The van der Waals surface area contributed by atoms with Crippen LogP contribution in [0.5, 0.6) is 0 Å². The van der Waals surface area contributed by atoms with Crippen LogP contribution in [0, 0.1) is 16.1 Å². The quantitative estimate of drug-likeness (QED) is 0.579. The highest BCUT2D eigenvalue weighted by Crippen LogP contribution is 2.19. The van der Waals surface area contributed by atoms with Gasteiger partial charge in [0.25, 0.3) is 0 Å². The van der Waals surface area contributed by atoms with Crippen LogP contribution >= 0.6 is 12.2 Å². The second kappa shape index (κ2) is 7.25. The van der Waals surface area contributed by atoms with Crippen LogP contribution in [0.15, 0.2) is 18.2 Å². The summed E-state index contributed by atoms with van der Waals surface area (Å²) in [7, 11) is 0. The number of hydrogen-bond acceptors (Lipinski definition) is 2. The lowest BCUT2D eigenvalue weighted by atomic mass is 10.1. The van der Waals surface area contributed by atoms with E-state index in [4.69, 9.17) is 17.5 Å². The highest BCUT2D eigenvalue weighted by atomic mass is 32.1. The fourth-order valence-corrected chi connectivity index (χ4v) is 2.84. The van der Waals surface area contributed by atoms with E-state index in [1.54, 1.807) is 0 Å². The van der Waals surface area contributed by atoms with Gasteiger partial charge < -0.3 is 9.55 Å². The second-order valence-corrected chi connectivity index (χ2v) is 5.55. The molecule has 20 heavy (non-hydrogen) atoms. The summed E-state index contributed by atoms with van der Waals surface area (Å²) in [5.41, 5.74) is 2.57. The number of aromatic amines is 1. The van der Waals surface area contributed by atoms with E-state index in [1.807, 2.05) is 18.2 Å². The van der Waals surface area contributed by atoms with Gasteiger partial charge in [0.1, 0.15) is 6.07 Å². The molecule has 106 valence electrons. The van der Waals surface area contributed by atoms with E-state index in [9.17, 15) is 0 Å². The molecular weight excluding hydrogens is 266 g/mol. The molecule has 0 aliphatic carbocycles. The average molecular weight is 287 g/mol. The van der Waals surface area contributed by atoms with E-state index in [0.717, 1.165) is 28.8 Å². The Kier molecular flexibility index (Phi) is 5.37. The van der Waals surface area contributed by atoms with Crippen LogP contribution in [0.1, 0.15) is 51.0 Å². The molecule has 4 heteroatoms. The smallest absolute Gasteiger partial charge is 0.178 e. The van der Waals surface area contributed by atoms with Crippen LogP contribution in [-0.2, 0) is 6.54 Å². The minimum Gasteiger partial charge on any atom is -0.329 e. The zero-order chi connectivity index (χ0) is 14.4. The van der Waals surface area contributed by atoms with Gasteiger partial charge in [0.05, 0.1) is 16.6 Å². The van der Waals surface area contributed by atoms with Gasteiger partial charge in [0, 0.05) is 6.54 Å². The van der Waals surface area contributed by atoms with Crippen molar-refractivity contribution in [2.75, 3.05) is 0 Å². The Morgan fingerprint density at radius 1 is 1.20 bits per heavy atom. The molecule has 1 heterocycles. The first-order valence-corrected chi connectivity index (χ1v) is 7.80. The molecule has 0 radical (unpaired) electrons. The summed E-state index contributed by atoms with van der Waals surface area (Å²) >= 11 is 5.38. The van der Waals surface area contributed by atoms with E-state index in [1.165, 1.54) is 32.1 Å². The van der Waals surface area contributed by atoms with Gasteiger partial charge in [0.15, 0.2) is 4.77 Å². The topological polar surface area (TPSA) is 44.5 Å². The summed E-state index contributed by atoms with van der Waals surface area (Å²) in [4.78, 5) is 3.16. The third-order valence-corrected chi connectivity index (χ3v) is 3.99. The fraction of sp³-hybridized carbons (Fsp3) is 0.500. The van der Waals surface area contributed by atoms with Crippen molar-refractivity contribution < 1.29 is 0 Å². The van der Waals surface area contributed by atoms with Crippen LogP contribution in [-0.4, -0.2) is 9.55 Å². The Hall–Kier alpha value is -1.60. The third-order valence-electron chi connectivity index (χ3n) is 3.67. The van der Waals surface area contributed by atoms with Crippen molar-refractivity contribution in [2.45, 2.75) is 52.0 Å². The van der Waals surface area contributed by atoms with Gasteiger partial charge in [-0.25, -0.2) is 0 Å². The van der Waals surface area contributed by atoms with Crippen LogP contribution in [0.4, 0.5) is 0 Å². The normalized spacial score (nSPS) is 10.8. The number of hydrogen-bond donors (Lipinski definition) is 1.